The van der Waals surface area contributed by atoms with E-state index < -0.39 is 6.04 Å². The molecule has 1 amide bonds. The third-order valence-corrected chi connectivity index (χ3v) is 2.49. The summed E-state index contributed by atoms with van der Waals surface area (Å²) in [5.74, 6) is -0.219. The van der Waals surface area contributed by atoms with E-state index in [4.69, 9.17) is 0 Å². The highest BCUT2D eigenvalue weighted by Gasteiger charge is 2.13. The van der Waals surface area contributed by atoms with Gasteiger partial charge in [-0.3, -0.25) is 4.79 Å². The van der Waals surface area contributed by atoms with Gasteiger partial charge in [-0.2, -0.15) is 5.10 Å². The second kappa shape index (κ2) is 5.92. The minimum atomic E-state index is -0.401. The number of hydrogen-bond donors (Lipinski definition) is 2. The highest BCUT2D eigenvalue weighted by Crippen LogP contribution is 2.11. The molecule has 6 nitrogen and oxygen atoms in total. The maximum atomic E-state index is 11.7. The first-order valence-corrected chi connectivity index (χ1v) is 5.57. The summed E-state index contributed by atoms with van der Waals surface area (Å²) in [6, 6.07) is 8.92. The molecule has 1 aromatic heterocycles. The van der Waals surface area contributed by atoms with Crippen molar-refractivity contribution in [3.8, 4) is 0 Å². The molecule has 0 spiro atoms. The molecule has 0 aliphatic carbocycles. The summed E-state index contributed by atoms with van der Waals surface area (Å²) in [6.45, 7) is -0.0591. The fourth-order valence-corrected chi connectivity index (χ4v) is 1.62. The molecule has 1 atom stereocenters. The Balaban J connectivity index is 1.96. The van der Waals surface area contributed by atoms with E-state index in [9.17, 15) is 9.90 Å². The standard InChI is InChI=1S/C12H14N4O2/c17-7-11(10-4-2-1-3-5-10)15-12(18)6-16-9-13-8-14-16/h1-5,8-9,11,17H,6-7H2,(H,15,18)/t11-/m1/s1. The van der Waals surface area contributed by atoms with Crippen LogP contribution in [0, 0.1) is 0 Å². The molecule has 0 saturated heterocycles. The van der Waals surface area contributed by atoms with Crippen LogP contribution in [0.4, 0.5) is 0 Å². The average Bonchev–Trinajstić information content (AvgIpc) is 2.90. The Labute approximate surface area is 104 Å². The van der Waals surface area contributed by atoms with Crippen LogP contribution < -0.4 is 5.32 Å². The highest BCUT2D eigenvalue weighted by molar-refractivity contribution is 5.76. The van der Waals surface area contributed by atoms with E-state index in [1.807, 2.05) is 30.3 Å². The SMILES string of the molecule is O=C(Cn1cncn1)N[C@H](CO)c1ccccc1. The van der Waals surface area contributed by atoms with Crippen LogP contribution in [0.25, 0.3) is 0 Å². The number of amides is 1. The van der Waals surface area contributed by atoms with Gasteiger partial charge in [0.15, 0.2) is 0 Å². The van der Waals surface area contributed by atoms with Crippen molar-refractivity contribution < 1.29 is 9.90 Å². The van der Waals surface area contributed by atoms with Crippen LogP contribution in [-0.2, 0) is 11.3 Å². The maximum Gasteiger partial charge on any atom is 0.242 e. The van der Waals surface area contributed by atoms with Crippen molar-refractivity contribution in [3.05, 3.63) is 48.5 Å². The largest absolute Gasteiger partial charge is 0.394 e. The van der Waals surface area contributed by atoms with Crippen LogP contribution in [0.1, 0.15) is 11.6 Å². The number of benzene rings is 1. The van der Waals surface area contributed by atoms with Crippen molar-refractivity contribution in [2.24, 2.45) is 0 Å². The molecule has 0 aliphatic rings. The monoisotopic (exact) mass is 246 g/mol. The van der Waals surface area contributed by atoms with Gasteiger partial charge in [-0.25, -0.2) is 9.67 Å². The van der Waals surface area contributed by atoms with E-state index in [-0.39, 0.29) is 19.1 Å². The Morgan fingerprint density at radius 2 is 2.17 bits per heavy atom. The first-order valence-electron chi connectivity index (χ1n) is 5.57. The Kier molecular flexibility index (Phi) is 4.03. The molecular formula is C12H14N4O2. The second-order valence-corrected chi connectivity index (χ2v) is 3.81. The third-order valence-electron chi connectivity index (χ3n) is 2.49. The number of carbonyl (C=O) groups excluding carboxylic acids is 1. The number of nitrogens with one attached hydrogen (secondary N) is 1. The average molecular weight is 246 g/mol. The number of aliphatic hydroxyl groups excluding tert-OH is 1. The molecule has 0 unspecified atom stereocenters. The molecule has 0 saturated carbocycles. The topological polar surface area (TPSA) is 80.0 Å². The van der Waals surface area contributed by atoms with Crippen molar-refractivity contribution in [2.75, 3.05) is 6.61 Å². The molecule has 2 aromatic rings. The normalized spacial score (nSPS) is 12.1. The third kappa shape index (κ3) is 3.14. The number of hydrogen-bond acceptors (Lipinski definition) is 4. The number of aromatic nitrogens is 3. The van der Waals surface area contributed by atoms with Gasteiger partial charge in [0.25, 0.3) is 0 Å². The van der Waals surface area contributed by atoms with Crippen LogP contribution in [0.3, 0.4) is 0 Å². The molecule has 2 N–H and O–H groups in total. The summed E-state index contributed by atoms with van der Waals surface area (Å²) in [5, 5.41) is 15.9. The van der Waals surface area contributed by atoms with Gasteiger partial charge in [0, 0.05) is 0 Å². The van der Waals surface area contributed by atoms with Crippen molar-refractivity contribution in [2.45, 2.75) is 12.6 Å². The second-order valence-electron chi connectivity index (χ2n) is 3.81. The number of carbonyl (C=O) groups is 1. The lowest BCUT2D eigenvalue weighted by Crippen LogP contribution is -2.33. The summed E-state index contributed by atoms with van der Waals surface area (Å²) in [7, 11) is 0. The predicted molar refractivity (Wildman–Crippen MR) is 64.4 cm³/mol. The fraction of sp³-hybridized carbons (Fsp3) is 0.250. The molecule has 6 heteroatoms. The van der Waals surface area contributed by atoms with Gasteiger partial charge in [0.05, 0.1) is 12.6 Å². The van der Waals surface area contributed by atoms with Crippen LogP contribution in [-0.4, -0.2) is 32.4 Å². The van der Waals surface area contributed by atoms with Gasteiger partial charge in [-0.05, 0) is 5.56 Å². The lowest BCUT2D eigenvalue weighted by molar-refractivity contribution is -0.122. The quantitative estimate of drug-likeness (QED) is 0.785. The first kappa shape index (κ1) is 12.3. The summed E-state index contributed by atoms with van der Waals surface area (Å²) in [4.78, 5) is 15.5. The van der Waals surface area contributed by atoms with E-state index in [0.717, 1.165) is 5.56 Å². The molecule has 1 heterocycles. The molecule has 94 valence electrons. The maximum absolute atomic E-state index is 11.7. The molecule has 1 aromatic carbocycles. The van der Waals surface area contributed by atoms with E-state index in [2.05, 4.69) is 15.4 Å². The summed E-state index contributed by atoms with van der Waals surface area (Å²) >= 11 is 0. The molecule has 0 radical (unpaired) electrons. The molecule has 0 fully saturated rings. The molecule has 0 aliphatic heterocycles. The van der Waals surface area contributed by atoms with E-state index in [1.54, 1.807) is 0 Å². The Hall–Kier alpha value is -2.21. The minimum Gasteiger partial charge on any atom is -0.394 e. The summed E-state index contributed by atoms with van der Waals surface area (Å²) in [6.07, 6.45) is 2.84. The molecule has 2 rings (SSSR count). The van der Waals surface area contributed by atoms with Gasteiger partial charge in [-0.15, -0.1) is 0 Å². The van der Waals surface area contributed by atoms with Crippen molar-refractivity contribution in [1.82, 2.24) is 20.1 Å². The number of aliphatic hydroxyl groups is 1. The van der Waals surface area contributed by atoms with E-state index in [0.29, 0.717) is 0 Å². The molecule has 18 heavy (non-hydrogen) atoms. The Morgan fingerprint density at radius 1 is 1.39 bits per heavy atom. The van der Waals surface area contributed by atoms with Crippen LogP contribution in [0.5, 0.6) is 0 Å². The van der Waals surface area contributed by atoms with Gasteiger partial charge < -0.3 is 10.4 Å². The number of rotatable bonds is 5. The molecule has 0 bridgehead atoms. The zero-order valence-electron chi connectivity index (χ0n) is 9.73. The fourth-order valence-electron chi connectivity index (χ4n) is 1.62. The van der Waals surface area contributed by atoms with Gasteiger partial charge >= 0.3 is 0 Å². The zero-order valence-corrected chi connectivity index (χ0v) is 9.73. The van der Waals surface area contributed by atoms with Crippen molar-refractivity contribution in [3.63, 3.8) is 0 Å². The smallest absolute Gasteiger partial charge is 0.242 e. The van der Waals surface area contributed by atoms with E-state index in [1.165, 1.54) is 17.3 Å². The lowest BCUT2D eigenvalue weighted by Gasteiger charge is -2.16. The summed E-state index contributed by atoms with van der Waals surface area (Å²) < 4.78 is 1.43. The first-order chi connectivity index (χ1) is 8.79. The number of nitrogens with zero attached hydrogens (tertiary/aromatic N) is 3. The summed E-state index contributed by atoms with van der Waals surface area (Å²) in [5.41, 5.74) is 0.868. The van der Waals surface area contributed by atoms with E-state index >= 15 is 0 Å². The molecular weight excluding hydrogens is 232 g/mol. The zero-order chi connectivity index (χ0) is 12.8. The highest BCUT2D eigenvalue weighted by atomic mass is 16.3. The van der Waals surface area contributed by atoms with Crippen molar-refractivity contribution in [1.29, 1.82) is 0 Å². The van der Waals surface area contributed by atoms with Crippen LogP contribution >= 0.6 is 0 Å². The lowest BCUT2D eigenvalue weighted by atomic mass is 10.1. The Bertz CT molecular complexity index is 484. The van der Waals surface area contributed by atoms with Gasteiger partial charge in [-0.1, -0.05) is 30.3 Å². The Morgan fingerprint density at radius 3 is 2.78 bits per heavy atom. The van der Waals surface area contributed by atoms with Gasteiger partial charge in [0.2, 0.25) is 5.91 Å². The van der Waals surface area contributed by atoms with Crippen LogP contribution in [0.2, 0.25) is 0 Å². The van der Waals surface area contributed by atoms with Crippen LogP contribution in [0.15, 0.2) is 43.0 Å². The predicted octanol–water partition coefficient (Wildman–Crippen LogP) is 0.128. The van der Waals surface area contributed by atoms with Gasteiger partial charge in [0.1, 0.15) is 19.2 Å². The minimum absolute atomic E-state index is 0.0866. The van der Waals surface area contributed by atoms with Crippen molar-refractivity contribution >= 4 is 5.91 Å².